The fraction of sp³-hybridized carbons (Fsp3) is 0.421. The number of nitrogens with zero attached hydrogens (tertiary/aromatic N) is 3. The van der Waals surface area contributed by atoms with Crippen LogP contribution in [0.1, 0.15) is 41.5 Å². The van der Waals surface area contributed by atoms with Crippen molar-refractivity contribution >= 4 is 5.78 Å². The van der Waals surface area contributed by atoms with Gasteiger partial charge in [-0.1, -0.05) is 19.1 Å². The fourth-order valence-corrected chi connectivity index (χ4v) is 3.12. The third kappa shape index (κ3) is 4.02. The van der Waals surface area contributed by atoms with Gasteiger partial charge in [0.2, 0.25) is 0 Å². The van der Waals surface area contributed by atoms with Crippen LogP contribution < -0.4 is 0 Å². The summed E-state index contributed by atoms with van der Waals surface area (Å²) in [6.07, 6.45) is 6.66. The van der Waals surface area contributed by atoms with Crippen molar-refractivity contribution in [2.45, 2.75) is 32.7 Å². The van der Waals surface area contributed by atoms with Crippen molar-refractivity contribution in [3.8, 4) is 0 Å². The Balaban J connectivity index is 1.62. The molecule has 120 valence electrons. The van der Waals surface area contributed by atoms with E-state index in [0.29, 0.717) is 5.69 Å². The highest BCUT2D eigenvalue weighted by Crippen LogP contribution is 2.21. The average Bonchev–Trinajstić information content (AvgIpc) is 2.63. The zero-order valence-electron chi connectivity index (χ0n) is 13.6. The van der Waals surface area contributed by atoms with Gasteiger partial charge >= 0.3 is 0 Å². The molecule has 3 heterocycles. The SMILES string of the molecule is CCc1ccc(CN2CCC[C@@H](C(=O)c3ccccn3)C2)nc1. The number of likely N-dealkylation sites (tertiary alicyclic amines) is 1. The maximum atomic E-state index is 12.6. The van der Waals surface area contributed by atoms with Crippen molar-refractivity contribution in [1.82, 2.24) is 14.9 Å². The molecule has 0 unspecified atom stereocenters. The number of hydrogen-bond acceptors (Lipinski definition) is 4. The molecule has 0 aromatic carbocycles. The number of pyridine rings is 2. The summed E-state index contributed by atoms with van der Waals surface area (Å²) < 4.78 is 0. The van der Waals surface area contributed by atoms with Crippen LogP contribution in [0.3, 0.4) is 0 Å². The summed E-state index contributed by atoms with van der Waals surface area (Å²) in [5.74, 6) is 0.221. The second kappa shape index (κ2) is 7.47. The van der Waals surface area contributed by atoms with Crippen molar-refractivity contribution in [2.24, 2.45) is 5.92 Å². The van der Waals surface area contributed by atoms with E-state index in [0.717, 1.165) is 44.6 Å². The molecule has 0 bridgehead atoms. The zero-order chi connectivity index (χ0) is 16.1. The quantitative estimate of drug-likeness (QED) is 0.796. The molecule has 1 saturated heterocycles. The molecule has 4 nitrogen and oxygen atoms in total. The van der Waals surface area contributed by atoms with Gasteiger partial charge in [0.05, 0.1) is 5.69 Å². The van der Waals surface area contributed by atoms with Crippen LogP contribution in [0.4, 0.5) is 0 Å². The maximum Gasteiger partial charge on any atom is 0.185 e. The topological polar surface area (TPSA) is 46.1 Å². The Bertz CT molecular complexity index is 639. The first-order valence-electron chi connectivity index (χ1n) is 8.37. The lowest BCUT2D eigenvalue weighted by atomic mass is 9.92. The predicted octanol–water partition coefficient (Wildman–Crippen LogP) is 3.13. The fourth-order valence-electron chi connectivity index (χ4n) is 3.12. The van der Waals surface area contributed by atoms with Gasteiger partial charge in [-0.25, -0.2) is 0 Å². The molecule has 0 amide bonds. The van der Waals surface area contributed by atoms with Crippen LogP contribution in [-0.2, 0) is 13.0 Å². The molecule has 0 saturated carbocycles. The third-order valence-corrected chi connectivity index (χ3v) is 4.47. The highest BCUT2D eigenvalue weighted by Gasteiger charge is 2.27. The Morgan fingerprint density at radius 3 is 2.87 bits per heavy atom. The Hall–Kier alpha value is -2.07. The van der Waals surface area contributed by atoms with Crippen molar-refractivity contribution in [3.05, 3.63) is 59.7 Å². The Morgan fingerprint density at radius 1 is 1.26 bits per heavy atom. The molecule has 3 rings (SSSR count). The number of aryl methyl sites for hydroxylation is 1. The Labute approximate surface area is 137 Å². The van der Waals surface area contributed by atoms with E-state index >= 15 is 0 Å². The van der Waals surface area contributed by atoms with E-state index in [9.17, 15) is 4.79 Å². The summed E-state index contributed by atoms with van der Waals surface area (Å²) in [5.41, 5.74) is 2.92. The number of carbonyl (C=O) groups excluding carboxylic acids is 1. The molecule has 1 atom stereocenters. The molecule has 23 heavy (non-hydrogen) atoms. The number of aromatic nitrogens is 2. The first-order chi connectivity index (χ1) is 11.3. The van der Waals surface area contributed by atoms with E-state index in [2.05, 4.69) is 33.9 Å². The van der Waals surface area contributed by atoms with Gasteiger partial charge in [0.25, 0.3) is 0 Å². The summed E-state index contributed by atoms with van der Waals surface area (Å²) in [7, 11) is 0. The van der Waals surface area contributed by atoms with Gasteiger partial charge in [-0.3, -0.25) is 19.7 Å². The molecule has 2 aromatic heterocycles. The minimum absolute atomic E-state index is 0.0496. The standard InChI is InChI=1S/C19H23N3O/c1-2-15-8-9-17(21-12-15)14-22-11-5-6-16(13-22)19(23)18-7-3-4-10-20-18/h3-4,7-10,12,16H,2,5-6,11,13-14H2,1H3/t16-/m1/s1. The summed E-state index contributed by atoms with van der Waals surface area (Å²) in [5, 5.41) is 0. The van der Waals surface area contributed by atoms with Gasteiger partial charge in [0.15, 0.2) is 5.78 Å². The number of piperidine rings is 1. The molecule has 0 spiro atoms. The van der Waals surface area contributed by atoms with Gasteiger partial charge in [-0.05, 0) is 49.6 Å². The van der Waals surface area contributed by atoms with Gasteiger partial charge in [-0.15, -0.1) is 0 Å². The number of rotatable bonds is 5. The van der Waals surface area contributed by atoms with E-state index in [-0.39, 0.29) is 11.7 Å². The van der Waals surface area contributed by atoms with Gasteiger partial charge in [0.1, 0.15) is 5.69 Å². The second-order valence-corrected chi connectivity index (χ2v) is 6.16. The maximum absolute atomic E-state index is 12.6. The molecule has 0 N–H and O–H groups in total. The normalized spacial score (nSPS) is 18.7. The molecule has 1 fully saturated rings. The van der Waals surface area contributed by atoms with E-state index < -0.39 is 0 Å². The van der Waals surface area contributed by atoms with Crippen molar-refractivity contribution in [3.63, 3.8) is 0 Å². The summed E-state index contributed by atoms with van der Waals surface area (Å²) in [4.78, 5) is 23.6. The summed E-state index contributed by atoms with van der Waals surface area (Å²) in [6, 6.07) is 9.77. The van der Waals surface area contributed by atoms with Gasteiger partial charge in [-0.2, -0.15) is 0 Å². The van der Waals surface area contributed by atoms with Crippen LogP contribution in [0, 0.1) is 5.92 Å². The van der Waals surface area contributed by atoms with E-state index in [1.54, 1.807) is 6.20 Å². The molecule has 1 aliphatic heterocycles. The first-order valence-corrected chi connectivity index (χ1v) is 8.37. The molecule has 0 radical (unpaired) electrons. The lowest BCUT2D eigenvalue weighted by molar-refractivity contribution is 0.0805. The highest BCUT2D eigenvalue weighted by atomic mass is 16.1. The van der Waals surface area contributed by atoms with Crippen LogP contribution in [0.2, 0.25) is 0 Å². The third-order valence-electron chi connectivity index (χ3n) is 4.47. The van der Waals surface area contributed by atoms with Crippen molar-refractivity contribution in [2.75, 3.05) is 13.1 Å². The van der Waals surface area contributed by atoms with Crippen LogP contribution >= 0.6 is 0 Å². The van der Waals surface area contributed by atoms with E-state index in [1.807, 2.05) is 24.4 Å². The summed E-state index contributed by atoms with van der Waals surface area (Å²) in [6.45, 7) is 4.78. The van der Waals surface area contributed by atoms with Crippen LogP contribution in [0.5, 0.6) is 0 Å². The van der Waals surface area contributed by atoms with Crippen LogP contribution in [0.15, 0.2) is 42.7 Å². The predicted molar refractivity (Wildman–Crippen MR) is 90.2 cm³/mol. The van der Waals surface area contributed by atoms with E-state index in [1.165, 1.54) is 5.56 Å². The molecule has 1 aliphatic rings. The van der Waals surface area contributed by atoms with Crippen molar-refractivity contribution < 1.29 is 4.79 Å². The van der Waals surface area contributed by atoms with E-state index in [4.69, 9.17) is 0 Å². The molecule has 0 aliphatic carbocycles. The largest absolute Gasteiger partial charge is 0.297 e. The zero-order valence-corrected chi connectivity index (χ0v) is 13.6. The smallest absolute Gasteiger partial charge is 0.185 e. The lowest BCUT2D eigenvalue weighted by Gasteiger charge is -2.31. The number of ketones is 1. The lowest BCUT2D eigenvalue weighted by Crippen LogP contribution is -2.38. The molecule has 2 aromatic rings. The molecule has 4 heteroatoms. The minimum atomic E-state index is 0.0496. The minimum Gasteiger partial charge on any atom is -0.297 e. The van der Waals surface area contributed by atoms with Gasteiger partial charge in [0, 0.05) is 31.4 Å². The molecular formula is C19H23N3O. The average molecular weight is 309 g/mol. The van der Waals surface area contributed by atoms with Crippen molar-refractivity contribution in [1.29, 1.82) is 0 Å². The number of hydrogen-bond donors (Lipinski definition) is 0. The monoisotopic (exact) mass is 309 g/mol. The van der Waals surface area contributed by atoms with Crippen LogP contribution in [-0.4, -0.2) is 33.7 Å². The second-order valence-electron chi connectivity index (χ2n) is 6.16. The Morgan fingerprint density at radius 2 is 2.17 bits per heavy atom. The summed E-state index contributed by atoms with van der Waals surface area (Å²) >= 11 is 0. The number of Topliss-reactive ketones (excluding diaryl/α,β-unsaturated/α-hetero) is 1. The Kier molecular flexibility index (Phi) is 5.13. The number of carbonyl (C=O) groups is 1. The first kappa shape index (κ1) is 15.8. The molecular weight excluding hydrogens is 286 g/mol. The highest BCUT2D eigenvalue weighted by molar-refractivity contribution is 5.96. The van der Waals surface area contributed by atoms with Gasteiger partial charge < -0.3 is 0 Å². The van der Waals surface area contributed by atoms with Crippen LogP contribution in [0.25, 0.3) is 0 Å².